The molecule has 0 bridgehead atoms. The normalized spacial score (nSPS) is 10.9. The zero-order valence-corrected chi connectivity index (χ0v) is 18.1. The van der Waals surface area contributed by atoms with Crippen LogP contribution in [-0.4, -0.2) is 25.4 Å². The maximum Gasteiger partial charge on any atom is 0.251 e. The van der Waals surface area contributed by atoms with Crippen LogP contribution in [0.1, 0.15) is 21.5 Å². The summed E-state index contributed by atoms with van der Waals surface area (Å²) >= 11 is 0. The van der Waals surface area contributed by atoms with Gasteiger partial charge in [-0.15, -0.1) is 0 Å². The number of hydrogen-bond donors (Lipinski definition) is 2. The number of nitrogen functional groups attached to an aromatic ring is 1. The van der Waals surface area contributed by atoms with E-state index in [9.17, 15) is 4.79 Å². The number of nitrogens with zero attached hydrogens (tertiary/aromatic N) is 4. The number of carbonyl (C=O) groups is 1. The van der Waals surface area contributed by atoms with Crippen molar-refractivity contribution in [2.45, 2.75) is 13.5 Å². The highest BCUT2D eigenvalue weighted by atomic mass is 16.1. The van der Waals surface area contributed by atoms with Crippen LogP contribution in [0.2, 0.25) is 0 Å². The zero-order valence-electron chi connectivity index (χ0n) is 18.1. The van der Waals surface area contributed by atoms with Crippen molar-refractivity contribution in [1.29, 1.82) is 0 Å². The van der Waals surface area contributed by atoms with E-state index in [2.05, 4.69) is 15.3 Å². The van der Waals surface area contributed by atoms with Gasteiger partial charge in [-0.05, 0) is 61.0 Å². The molecule has 33 heavy (non-hydrogen) atoms. The van der Waals surface area contributed by atoms with Gasteiger partial charge in [0.05, 0.1) is 5.56 Å². The fourth-order valence-corrected chi connectivity index (χ4v) is 3.78. The molecule has 162 valence electrons. The summed E-state index contributed by atoms with van der Waals surface area (Å²) in [6.45, 7) is 2.40. The molecule has 0 fully saturated rings. The number of nitrogens with one attached hydrogen (secondary N) is 1. The minimum atomic E-state index is -0.0954. The smallest absolute Gasteiger partial charge is 0.251 e. The highest BCUT2D eigenvalue weighted by Gasteiger charge is 2.17. The average Bonchev–Trinajstić information content (AvgIpc) is 3.22. The number of rotatable bonds is 5. The number of benzene rings is 2. The molecule has 0 aliphatic carbocycles. The van der Waals surface area contributed by atoms with Gasteiger partial charge < -0.3 is 11.1 Å². The fraction of sp³-hybridized carbons (Fsp3) is 0.0769. The summed E-state index contributed by atoms with van der Waals surface area (Å²) in [5.74, 6) is 0.987. The third kappa shape index (κ3) is 4.04. The highest BCUT2D eigenvalue weighted by Crippen LogP contribution is 2.30. The summed E-state index contributed by atoms with van der Waals surface area (Å²) < 4.78 is 1.97. The zero-order chi connectivity index (χ0) is 22.8. The first kappa shape index (κ1) is 20.4. The summed E-state index contributed by atoms with van der Waals surface area (Å²) in [5, 5.41) is 2.98. The maximum atomic E-state index is 12.5. The van der Waals surface area contributed by atoms with Crippen molar-refractivity contribution in [3.63, 3.8) is 0 Å². The molecule has 7 heteroatoms. The van der Waals surface area contributed by atoms with Crippen LogP contribution in [0.25, 0.3) is 28.2 Å². The minimum absolute atomic E-state index is 0.0954. The number of imidazole rings is 1. The number of nitrogens with two attached hydrogens (primary N) is 1. The lowest BCUT2D eigenvalue weighted by molar-refractivity contribution is 0.0951. The number of fused-ring (bicyclic) bond motifs is 1. The number of aryl methyl sites for hydroxylation is 1. The largest absolute Gasteiger partial charge is 0.383 e. The Balaban J connectivity index is 1.45. The van der Waals surface area contributed by atoms with Crippen LogP contribution < -0.4 is 11.1 Å². The summed E-state index contributed by atoms with van der Waals surface area (Å²) in [7, 11) is 0. The Morgan fingerprint density at radius 3 is 2.55 bits per heavy atom. The quantitative estimate of drug-likeness (QED) is 0.430. The second-order valence-electron chi connectivity index (χ2n) is 7.77. The first-order chi connectivity index (χ1) is 16.1. The third-order valence-electron chi connectivity index (χ3n) is 5.42. The SMILES string of the molecule is Cc1cccc(C(=O)NCc2ccc(-n3c(-c4cccnc4N)nc4cccnc43)cc2)c1. The standard InChI is InChI=1S/C26H22N6O/c1-17-5-2-6-19(15-17)26(33)30-16-18-9-11-20(12-10-18)32-24(21-7-3-13-28-23(21)27)31-22-8-4-14-29-25(22)32/h2-15H,16H2,1H3,(H2,27,28)(H,30,33). The molecule has 0 atom stereocenters. The van der Waals surface area contributed by atoms with Gasteiger partial charge in [0.1, 0.15) is 11.3 Å². The van der Waals surface area contributed by atoms with Gasteiger partial charge in [-0.1, -0.05) is 29.8 Å². The minimum Gasteiger partial charge on any atom is -0.383 e. The molecule has 0 saturated carbocycles. The molecule has 5 aromatic rings. The molecule has 0 saturated heterocycles. The molecule has 0 spiro atoms. The monoisotopic (exact) mass is 434 g/mol. The van der Waals surface area contributed by atoms with E-state index in [1.165, 1.54) is 0 Å². The van der Waals surface area contributed by atoms with E-state index in [1.807, 2.05) is 84.3 Å². The van der Waals surface area contributed by atoms with E-state index in [0.29, 0.717) is 23.8 Å². The molecular weight excluding hydrogens is 412 g/mol. The van der Waals surface area contributed by atoms with Crippen LogP contribution in [0, 0.1) is 6.92 Å². The summed E-state index contributed by atoms with van der Waals surface area (Å²) in [6, 6.07) is 23.0. The average molecular weight is 435 g/mol. The molecule has 3 heterocycles. The molecule has 3 N–H and O–H groups in total. The lowest BCUT2D eigenvalue weighted by Crippen LogP contribution is -2.22. The van der Waals surface area contributed by atoms with E-state index in [-0.39, 0.29) is 5.91 Å². The number of pyridine rings is 2. The van der Waals surface area contributed by atoms with Gasteiger partial charge in [-0.3, -0.25) is 9.36 Å². The van der Waals surface area contributed by atoms with E-state index in [4.69, 9.17) is 10.7 Å². The Morgan fingerprint density at radius 2 is 1.76 bits per heavy atom. The maximum absolute atomic E-state index is 12.5. The molecule has 5 rings (SSSR count). The summed E-state index contributed by atoms with van der Waals surface area (Å²) in [5.41, 5.74) is 12.0. The fourth-order valence-electron chi connectivity index (χ4n) is 3.78. The van der Waals surface area contributed by atoms with Crippen molar-refractivity contribution in [2.24, 2.45) is 0 Å². The second kappa shape index (κ2) is 8.55. The van der Waals surface area contributed by atoms with Gasteiger partial charge in [0.15, 0.2) is 11.5 Å². The predicted octanol–water partition coefficient (Wildman–Crippen LogP) is 4.30. The number of amides is 1. The topological polar surface area (TPSA) is 98.7 Å². The van der Waals surface area contributed by atoms with Crippen LogP contribution in [0.15, 0.2) is 85.2 Å². The van der Waals surface area contributed by atoms with Crippen LogP contribution in [-0.2, 0) is 6.54 Å². The molecule has 0 aliphatic heterocycles. The second-order valence-corrected chi connectivity index (χ2v) is 7.77. The van der Waals surface area contributed by atoms with Crippen molar-refractivity contribution in [2.75, 3.05) is 5.73 Å². The lowest BCUT2D eigenvalue weighted by atomic mass is 10.1. The van der Waals surface area contributed by atoms with Crippen LogP contribution in [0.5, 0.6) is 0 Å². The van der Waals surface area contributed by atoms with Crippen LogP contribution in [0.4, 0.5) is 5.82 Å². The van der Waals surface area contributed by atoms with Crippen molar-refractivity contribution < 1.29 is 4.79 Å². The molecule has 1 amide bonds. The Kier molecular flexibility index (Phi) is 5.28. The van der Waals surface area contributed by atoms with Gasteiger partial charge in [0, 0.05) is 30.2 Å². The molecule has 3 aromatic heterocycles. The molecule has 2 aromatic carbocycles. The van der Waals surface area contributed by atoms with Gasteiger partial charge in [-0.2, -0.15) is 0 Å². The van der Waals surface area contributed by atoms with E-state index in [0.717, 1.165) is 33.5 Å². The van der Waals surface area contributed by atoms with Gasteiger partial charge in [-0.25, -0.2) is 15.0 Å². The highest BCUT2D eigenvalue weighted by molar-refractivity contribution is 5.94. The summed E-state index contributed by atoms with van der Waals surface area (Å²) in [6.07, 6.45) is 3.40. The first-order valence-electron chi connectivity index (χ1n) is 10.6. The van der Waals surface area contributed by atoms with E-state index in [1.54, 1.807) is 12.4 Å². The summed E-state index contributed by atoms with van der Waals surface area (Å²) in [4.78, 5) is 26.0. The van der Waals surface area contributed by atoms with E-state index >= 15 is 0 Å². The Labute approximate surface area is 191 Å². The third-order valence-corrected chi connectivity index (χ3v) is 5.42. The Bertz CT molecular complexity index is 1460. The van der Waals surface area contributed by atoms with Crippen LogP contribution >= 0.6 is 0 Å². The first-order valence-corrected chi connectivity index (χ1v) is 10.6. The van der Waals surface area contributed by atoms with Gasteiger partial charge in [0.25, 0.3) is 5.91 Å². The molecule has 0 unspecified atom stereocenters. The van der Waals surface area contributed by atoms with Gasteiger partial charge >= 0.3 is 0 Å². The molecule has 0 radical (unpaired) electrons. The molecule has 7 nitrogen and oxygen atoms in total. The Hall–Kier alpha value is -4.52. The number of anilines is 1. The van der Waals surface area contributed by atoms with Crippen molar-refractivity contribution in [3.05, 3.63) is 102 Å². The van der Waals surface area contributed by atoms with Crippen molar-refractivity contribution in [3.8, 4) is 17.1 Å². The van der Waals surface area contributed by atoms with Gasteiger partial charge in [0.2, 0.25) is 0 Å². The van der Waals surface area contributed by atoms with Crippen molar-refractivity contribution in [1.82, 2.24) is 24.8 Å². The van der Waals surface area contributed by atoms with Crippen molar-refractivity contribution >= 4 is 22.9 Å². The number of carbonyl (C=O) groups excluding carboxylic acids is 1. The number of hydrogen-bond acceptors (Lipinski definition) is 5. The van der Waals surface area contributed by atoms with Crippen LogP contribution in [0.3, 0.4) is 0 Å². The van der Waals surface area contributed by atoms with E-state index < -0.39 is 0 Å². The predicted molar refractivity (Wildman–Crippen MR) is 129 cm³/mol. The molecular formula is C26H22N6O. The lowest BCUT2D eigenvalue weighted by Gasteiger charge is -2.11. The Morgan fingerprint density at radius 1 is 0.970 bits per heavy atom. The molecule has 0 aliphatic rings. The number of aromatic nitrogens is 4.